The molecule has 1 rings (SSSR count). The lowest BCUT2D eigenvalue weighted by atomic mass is 10.2. The minimum atomic E-state index is -0.639. The van der Waals surface area contributed by atoms with Gasteiger partial charge in [0.25, 0.3) is 5.95 Å². The van der Waals surface area contributed by atoms with E-state index in [1.807, 2.05) is 6.92 Å². The predicted molar refractivity (Wildman–Crippen MR) is 73.1 cm³/mol. The van der Waals surface area contributed by atoms with Gasteiger partial charge in [0, 0.05) is 18.7 Å². The van der Waals surface area contributed by atoms with Gasteiger partial charge < -0.3 is 14.8 Å². The smallest absolute Gasteiger partial charge is 0.407 e. The Morgan fingerprint density at radius 3 is 2.80 bits per heavy atom. The highest BCUT2D eigenvalue weighted by Gasteiger charge is 2.17. The van der Waals surface area contributed by atoms with Crippen molar-refractivity contribution in [2.45, 2.75) is 45.8 Å². The maximum Gasteiger partial charge on any atom is 0.407 e. The summed E-state index contributed by atoms with van der Waals surface area (Å²) in [5.41, 5.74) is -0.529. The summed E-state index contributed by atoms with van der Waals surface area (Å²) in [7, 11) is 0. The van der Waals surface area contributed by atoms with Crippen molar-refractivity contribution in [2.24, 2.45) is 0 Å². The first-order valence-electron chi connectivity index (χ1n) is 6.51. The molecular formula is C14H21FN2O3. The summed E-state index contributed by atoms with van der Waals surface area (Å²) in [6, 6.07) is 2.97. The van der Waals surface area contributed by atoms with E-state index in [0.29, 0.717) is 6.42 Å². The molecule has 0 aliphatic rings. The highest BCUT2D eigenvalue weighted by molar-refractivity contribution is 5.67. The number of carbonyl (C=O) groups is 1. The molecule has 0 bridgehead atoms. The highest BCUT2D eigenvalue weighted by Crippen LogP contribution is 2.13. The topological polar surface area (TPSA) is 60.5 Å². The van der Waals surface area contributed by atoms with Crippen LogP contribution in [0, 0.1) is 5.95 Å². The van der Waals surface area contributed by atoms with Crippen LogP contribution in [0.2, 0.25) is 0 Å². The van der Waals surface area contributed by atoms with Crippen LogP contribution in [0.5, 0.6) is 5.75 Å². The third-order valence-corrected chi connectivity index (χ3v) is 2.30. The van der Waals surface area contributed by atoms with Gasteiger partial charge in [-0.05, 0) is 39.8 Å². The zero-order chi connectivity index (χ0) is 15.2. The van der Waals surface area contributed by atoms with Crippen LogP contribution in [0.15, 0.2) is 18.3 Å². The second kappa shape index (κ2) is 7.07. The Bertz CT molecular complexity index is 446. The molecule has 0 saturated carbocycles. The lowest BCUT2D eigenvalue weighted by molar-refractivity contribution is 0.0503. The summed E-state index contributed by atoms with van der Waals surface area (Å²) < 4.78 is 23.6. The van der Waals surface area contributed by atoms with Crippen LogP contribution in [0.4, 0.5) is 9.18 Å². The van der Waals surface area contributed by atoms with Crippen molar-refractivity contribution in [3.63, 3.8) is 0 Å². The van der Waals surface area contributed by atoms with Gasteiger partial charge in [0.05, 0.1) is 6.61 Å². The molecule has 0 aliphatic carbocycles. The molecular weight excluding hydrogens is 263 g/mol. The zero-order valence-corrected chi connectivity index (χ0v) is 12.3. The van der Waals surface area contributed by atoms with Crippen LogP contribution in [0.3, 0.4) is 0 Å². The number of carbonyl (C=O) groups excluding carboxylic acids is 1. The lowest BCUT2D eigenvalue weighted by Gasteiger charge is -2.22. The monoisotopic (exact) mass is 284 g/mol. The summed E-state index contributed by atoms with van der Waals surface area (Å²) in [4.78, 5) is 15.0. The molecule has 0 saturated heterocycles. The molecule has 1 N–H and O–H groups in total. The maximum atomic E-state index is 13.2. The van der Waals surface area contributed by atoms with E-state index in [9.17, 15) is 9.18 Å². The molecule has 1 atom stereocenters. The minimum Gasteiger partial charge on any atom is -0.489 e. The Kier molecular flexibility index (Phi) is 5.73. The molecule has 1 heterocycles. The Morgan fingerprint density at radius 1 is 1.50 bits per heavy atom. The maximum absolute atomic E-state index is 13.2. The third kappa shape index (κ3) is 6.36. The Labute approximate surface area is 118 Å². The normalized spacial score (nSPS) is 12.7. The van der Waals surface area contributed by atoms with E-state index in [0.717, 1.165) is 0 Å². The number of ether oxygens (including phenoxy) is 2. The Morgan fingerprint density at radius 2 is 2.20 bits per heavy atom. The molecule has 0 aromatic carbocycles. The van der Waals surface area contributed by atoms with Gasteiger partial charge in [-0.1, -0.05) is 0 Å². The van der Waals surface area contributed by atoms with Crippen molar-refractivity contribution < 1.29 is 18.7 Å². The van der Waals surface area contributed by atoms with Crippen molar-refractivity contribution >= 4 is 6.09 Å². The summed E-state index contributed by atoms with van der Waals surface area (Å²) >= 11 is 0. The number of hydrogen-bond acceptors (Lipinski definition) is 4. The second-order valence-electron chi connectivity index (χ2n) is 5.48. The van der Waals surface area contributed by atoms with Gasteiger partial charge in [-0.2, -0.15) is 4.39 Å². The van der Waals surface area contributed by atoms with Crippen LogP contribution in [-0.4, -0.2) is 29.3 Å². The van der Waals surface area contributed by atoms with E-state index in [1.165, 1.54) is 12.3 Å². The van der Waals surface area contributed by atoms with Crippen LogP contribution >= 0.6 is 0 Å². The van der Waals surface area contributed by atoms with E-state index >= 15 is 0 Å². The van der Waals surface area contributed by atoms with Crippen molar-refractivity contribution in [3.8, 4) is 5.75 Å². The molecule has 6 heteroatoms. The van der Waals surface area contributed by atoms with E-state index in [1.54, 1.807) is 26.8 Å². The van der Waals surface area contributed by atoms with E-state index in [2.05, 4.69) is 10.3 Å². The number of nitrogens with zero attached hydrogens (tertiary/aromatic N) is 1. The molecule has 1 aromatic heterocycles. The zero-order valence-electron chi connectivity index (χ0n) is 12.3. The number of halogens is 1. The Balaban J connectivity index is 2.28. The van der Waals surface area contributed by atoms with Gasteiger partial charge in [0.15, 0.2) is 5.75 Å². The molecule has 20 heavy (non-hydrogen) atoms. The molecule has 0 fully saturated rings. The first kappa shape index (κ1) is 16.2. The molecule has 5 nitrogen and oxygen atoms in total. The molecule has 1 unspecified atom stereocenters. The number of nitrogens with one attached hydrogen (secondary N) is 1. The average molecular weight is 284 g/mol. The number of aromatic nitrogens is 1. The molecule has 0 radical (unpaired) electrons. The summed E-state index contributed by atoms with van der Waals surface area (Å²) in [5, 5.41) is 2.69. The average Bonchev–Trinajstić information content (AvgIpc) is 2.28. The quantitative estimate of drug-likeness (QED) is 0.845. The van der Waals surface area contributed by atoms with E-state index in [-0.39, 0.29) is 18.4 Å². The predicted octanol–water partition coefficient (Wildman–Crippen LogP) is 2.90. The SMILES string of the molecule is CC(CCOc1cccnc1F)NC(=O)OC(C)(C)C. The van der Waals surface area contributed by atoms with Crippen LogP contribution in [-0.2, 0) is 4.74 Å². The highest BCUT2D eigenvalue weighted by atomic mass is 19.1. The number of amides is 1. The van der Waals surface area contributed by atoms with Crippen molar-refractivity contribution in [3.05, 3.63) is 24.3 Å². The van der Waals surface area contributed by atoms with Gasteiger partial charge in [-0.25, -0.2) is 9.78 Å². The van der Waals surface area contributed by atoms with Gasteiger partial charge >= 0.3 is 6.09 Å². The second-order valence-corrected chi connectivity index (χ2v) is 5.48. The first-order valence-corrected chi connectivity index (χ1v) is 6.51. The molecule has 0 aliphatic heterocycles. The largest absolute Gasteiger partial charge is 0.489 e. The third-order valence-electron chi connectivity index (χ3n) is 2.30. The fourth-order valence-corrected chi connectivity index (χ4v) is 1.41. The number of alkyl carbamates (subject to hydrolysis) is 1. The molecule has 1 aromatic rings. The standard InChI is InChI=1S/C14H21FN2O3/c1-10(17-13(18)20-14(2,3)4)7-9-19-11-6-5-8-16-12(11)15/h5-6,8,10H,7,9H2,1-4H3,(H,17,18). The van der Waals surface area contributed by atoms with Crippen molar-refractivity contribution in [1.29, 1.82) is 0 Å². The van der Waals surface area contributed by atoms with Gasteiger partial charge in [-0.3, -0.25) is 0 Å². The van der Waals surface area contributed by atoms with Crippen LogP contribution in [0.25, 0.3) is 0 Å². The summed E-state index contributed by atoms with van der Waals surface area (Å²) in [6.45, 7) is 7.50. The van der Waals surface area contributed by atoms with Gasteiger partial charge in [0.1, 0.15) is 5.60 Å². The fraction of sp³-hybridized carbons (Fsp3) is 0.571. The summed E-state index contributed by atoms with van der Waals surface area (Å²) in [5.74, 6) is -0.530. The van der Waals surface area contributed by atoms with E-state index in [4.69, 9.17) is 9.47 Å². The number of rotatable bonds is 5. The van der Waals surface area contributed by atoms with Crippen LogP contribution in [0.1, 0.15) is 34.1 Å². The number of pyridine rings is 1. The van der Waals surface area contributed by atoms with Gasteiger partial charge in [0.2, 0.25) is 0 Å². The fourth-order valence-electron chi connectivity index (χ4n) is 1.41. The Hall–Kier alpha value is -1.85. The first-order chi connectivity index (χ1) is 9.28. The lowest BCUT2D eigenvalue weighted by Crippen LogP contribution is -2.38. The van der Waals surface area contributed by atoms with Crippen molar-refractivity contribution in [2.75, 3.05) is 6.61 Å². The summed E-state index contributed by atoms with van der Waals surface area (Å²) in [6.07, 6.45) is 1.42. The van der Waals surface area contributed by atoms with Gasteiger partial charge in [-0.15, -0.1) is 0 Å². The molecule has 0 spiro atoms. The van der Waals surface area contributed by atoms with E-state index < -0.39 is 17.6 Å². The van der Waals surface area contributed by atoms with Crippen LogP contribution < -0.4 is 10.1 Å². The molecule has 112 valence electrons. The van der Waals surface area contributed by atoms with Crippen molar-refractivity contribution in [1.82, 2.24) is 10.3 Å². The number of hydrogen-bond donors (Lipinski definition) is 1. The molecule has 1 amide bonds. The minimum absolute atomic E-state index is 0.108.